The van der Waals surface area contributed by atoms with Crippen LogP contribution in [0.4, 0.5) is 4.79 Å². The lowest BCUT2D eigenvalue weighted by atomic mass is 10.2. The van der Waals surface area contributed by atoms with E-state index in [1.807, 2.05) is 54.6 Å². The molecule has 0 aliphatic carbocycles. The Morgan fingerprint density at radius 1 is 1.00 bits per heavy atom. The highest BCUT2D eigenvalue weighted by Gasteiger charge is 2.22. The summed E-state index contributed by atoms with van der Waals surface area (Å²) >= 11 is 3.44. The Kier molecular flexibility index (Phi) is 6.91. The first-order valence-electron chi connectivity index (χ1n) is 8.77. The zero-order chi connectivity index (χ0) is 18.2. The van der Waals surface area contributed by atoms with Crippen molar-refractivity contribution in [2.24, 2.45) is 0 Å². The van der Waals surface area contributed by atoms with Gasteiger partial charge in [-0.15, -0.1) is 0 Å². The number of hydrogen-bond acceptors (Lipinski definition) is 4. The molecule has 1 fully saturated rings. The first kappa shape index (κ1) is 18.7. The van der Waals surface area contributed by atoms with E-state index in [0.29, 0.717) is 26.3 Å². The third-order valence-electron chi connectivity index (χ3n) is 4.31. The molecule has 1 heterocycles. The van der Waals surface area contributed by atoms with E-state index in [1.165, 1.54) is 0 Å². The highest BCUT2D eigenvalue weighted by Crippen LogP contribution is 2.17. The average Bonchev–Trinajstić information content (AvgIpc) is 2.67. The largest absolute Gasteiger partial charge is 0.492 e. The third-order valence-corrected chi connectivity index (χ3v) is 4.80. The Hall–Kier alpha value is -2.05. The SMILES string of the molecule is O=C(OCc1ccccc1)N1CCN(CCOc2cccc(Br)c2)CC1. The van der Waals surface area contributed by atoms with Crippen LogP contribution in [0.5, 0.6) is 5.75 Å². The van der Waals surface area contributed by atoms with Gasteiger partial charge in [0.15, 0.2) is 0 Å². The molecule has 1 amide bonds. The van der Waals surface area contributed by atoms with Crippen molar-refractivity contribution in [2.45, 2.75) is 6.61 Å². The van der Waals surface area contributed by atoms with E-state index in [0.717, 1.165) is 35.4 Å². The van der Waals surface area contributed by atoms with Crippen LogP contribution in [0.2, 0.25) is 0 Å². The number of nitrogens with zero attached hydrogens (tertiary/aromatic N) is 2. The van der Waals surface area contributed by atoms with Crippen LogP contribution in [0, 0.1) is 0 Å². The van der Waals surface area contributed by atoms with E-state index in [1.54, 1.807) is 4.90 Å². The molecule has 0 spiro atoms. The van der Waals surface area contributed by atoms with Gasteiger partial charge in [-0.1, -0.05) is 52.3 Å². The fourth-order valence-corrected chi connectivity index (χ4v) is 3.19. The van der Waals surface area contributed by atoms with E-state index in [4.69, 9.17) is 9.47 Å². The average molecular weight is 419 g/mol. The van der Waals surface area contributed by atoms with Gasteiger partial charge in [0.25, 0.3) is 0 Å². The number of halogens is 1. The molecule has 1 saturated heterocycles. The molecule has 2 aromatic carbocycles. The Morgan fingerprint density at radius 3 is 2.50 bits per heavy atom. The minimum absolute atomic E-state index is 0.237. The van der Waals surface area contributed by atoms with E-state index in [9.17, 15) is 4.79 Å². The highest BCUT2D eigenvalue weighted by atomic mass is 79.9. The predicted molar refractivity (Wildman–Crippen MR) is 104 cm³/mol. The number of amides is 1. The zero-order valence-corrected chi connectivity index (χ0v) is 16.2. The summed E-state index contributed by atoms with van der Waals surface area (Å²) in [6, 6.07) is 17.6. The fourth-order valence-electron chi connectivity index (χ4n) is 2.81. The van der Waals surface area contributed by atoms with Crippen LogP contribution < -0.4 is 4.74 Å². The fraction of sp³-hybridized carbons (Fsp3) is 0.350. The number of carbonyl (C=O) groups is 1. The smallest absolute Gasteiger partial charge is 0.410 e. The van der Waals surface area contributed by atoms with Gasteiger partial charge in [0.2, 0.25) is 0 Å². The van der Waals surface area contributed by atoms with Gasteiger partial charge >= 0.3 is 6.09 Å². The van der Waals surface area contributed by atoms with E-state index < -0.39 is 0 Å². The Labute approximate surface area is 162 Å². The molecule has 0 bridgehead atoms. The molecule has 0 N–H and O–H groups in total. The maximum atomic E-state index is 12.2. The number of ether oxygens (including phenoxy) is 2. The molecule has 138 valence electrons. The van der Waals surface area contributed by atoms with Crippen molar-refractivity contribution in [1.29, 1.82) is 0 Å². The van der Waals surface area contributed by atoms with Gasteiger partial charge in [-0.2, -0.15) is 0 Å². The maximum Gasteiger partial charge on any atom is 0.410 e. The first-order chi connectivity index (χ1) is 12.7. The number of benzene rings is 2. The number of rotatable bonds is 6. The van der Waals surface area contributed by atoms with E-state index in [-0.39, 0.29) is 6.09 Å². The lowest BCUT2D eigenvalue weighted by Crippen LogP contribution is -2.49. The van der Waals surface area contributed by atoms with Crippen molar-refractivity contribution in [1.82, 2.24) is 9.80 Å². The van der Waals surface area contributed by atoms with Crippen LogP contribution in [-0.4, -0.2) is 55.2 Å². The second-order valence-corrected chi connectivity index (χ2v) is 7.09. The second-order valence-electron chi connectivity index (χ2n) is 6.17. The summed E-state index contributed by atoms with van der Waals surface area (Å²) in [7, 11) is 0. The number of piperazine rings is 1. The van der Waals surface area contributed by atoms with Crippen molar-refractivity contribution in [3.63, 3.8) is 0 Å². The van der Waals surface area contributed by atoms with Crippen LogP contribution in [-0.2, 0) is 11.3 Å². The van der Waals surface area contributed by atoms with E-state index >= 15 is 0 Å². The molecular formula is C20H23BrN2O3. The zero-order valence-electron chi connectivity index (χ0n) is 14.6. The van der Waals surface area contributed by atoms with Crippen LogP contribution in [0.15, 0.2) is 59.1 Å². The second kappa shape index (κ2) is 9.59. The molecule has 6 heteroatoms. The Bertz CT molecular complexity index is 703. The summed E-state index contributed by atoms with van der Waals surface area (Å²) < 4.78 is 12.2. The van der Waals surface area contributed by atoms with Crippen molar-refractivity contribution < 1.29 is 14.3 Å². The molecule has 0 atom stereocenters. The lowest BCUT2D eigenvalue weighted by Gasteiger charge is -2.33. The summed E-state index contributed by atoms with van der Waals surface area (Å²) in [5.41, 5.74) is 1.00. The molecular weight excluding hydrogens is 396 g/mol. The number of hydrogen-bond donors (Lipinski definition) is 0. The van der Waals surface area contributed by atoms with Gasteiger partial charge in [-0.25, -0.2) is 4.79 Å². The minimum Gasteiger partial charge on any atom is -0.492 e. The maximum absolute atomic E-state index is 12.2. The first-order valence-corrected chi connectivity index (χ1v) is 9.56. The molecule has 0 radical (unpaired) electrons. The lowest BCUT2D eigenvalue weighted by molar-refractivity contribution is 0.0684. The molecule has 26 heavy (non-hydrogen) atoms. The van der Waals surface area contributed by atoms with Gasteiger partial charge in [-0.3, -0.25) is 4.90 Å². The Morgan fingerprint density at radius 2 is 1.77 bits per heavy atom. The molecule has 2 aromatic rings. The Balaban J connectivity index is 1.34. The van der Waals surface area contributed by atoms with E-state index in [2.05, 4.69) is 20.8 Å². The number of carbonyl (C=O) groups excluding carboxylic acids is 1. The monoisotopic (exact) mass is 418 g/mol. The molecule has 1 aliphatic rings. The van der Waals surface area contributed by atoms with Gasteiger partial charge < -0.3 is 14.4 Å². The summed E-state index contributed by atoms with van der Waals surface area (Å²) in [6.07, 6.45) is -0.237. The van der Waals surface area contributed by atoms with Crippen LogP contribution in [0.3, 0.4) is 0 Å². The quantitative estimate of drug-likeness (QED) is 0.715. The van der Waals surface area contributed by atoms with Crippen molar-refractivity contribution in [3.05, 3.63) is 64.6 Å². The molecule has 3 rings (SSSR count). The molecule has 1 aliphatic heterocycles. The third kappa shape index (κ3) is 5.75. The summed E-state index contributed by atoms with van der Waals surface area (Å²) in [4.78, 5) is 16.2. The van der Waals surface area contributed by atoms with Crippen LogP contribution in [0.1, 0.15) is 5.56 Å². The van der Waals surface area contributed by atoms with Crippen LogP contribution >= 0.6 is 15.9 Å². The van der Waals surface area contributed by atoms with Gasteiger partial charge in [0, 0.05) is 37.2 Å². The summed E-state index contributed by atoms with van der Waals surface area (Å²) in [5, 5.41) is 0. The summed E-state index contributed by atoms with van der Waals surface area (Å²) in [6.45, 7) is 4.84. The van der Waals surface area contributed by atoms with Gasteiger partial charge in [0.05, 0.1) is 0 Å². The van der Waals surface area contributed by atoms with Crippen molar-refractivity contribution in [2.75, 3.05) is 39.3 Å². The topological polar surface area (TPSA) is 42.0 Å². The highest BCUT2D eigenvalue weighted by molar-refractivity contribution is 9.10. The molecule has 0 saturated carbocycles. The van der Waals surface area contributed by atoms with Crippen molar-refractivity contribution >= 4 is 22.0 Å². The summed E-state index contributed by atoms with van der Waals surface area (Å²) in [5.74, 6) is 0.863. The van der Waals surface area contributed by atoms with Crippen LogP contribution in [0.25, 0.3) is 0 Å². The van der Waals surface area contributed by atoms with Crippen molar-refractivity contribution in [3.8, 4) is 5.75 Å². The molecule has 0 aromatic heterocycles. The predicted octanol–water partition coefficient (Wildman–Crippen LogP) is 3.78. The van der Waals surface area contributed by atoms with Gasteiger partial charge in [-0.05, 0) is 23.8 Å². The van der Waals surface area contributed by atoms with Gasteiger partial charge in [0.1, 0.15) is 19.0 Å². The standard InChI is InChI=1S/C20H23BrN2O3/c21-18-7-4-8-19(15-18)25-14-13-22-9-11-23(12-10-22)20(24)26-16-17-5-2-1-3-6-17/h1-8,15H,9-14,16H2. The minimum atomic E-state index is -0.237. The normalized spacial score (nSPS) is 14.9. The molecule has 5 nitrogen and oxygen atoms in total. The molecule has 0 unspecified atom stereocenters.